The highest BCUT2D eigenvalue weighted by Crippen LogP contribution is 2.37. The molecule has 0 aromatic carbocycles. The molecule has 0 fully saturated rings. The molecule has 0 spiro atoms. The van der Waals surface area contributed by atoms with Gasteiger partial charge in [-0.1, -0.05) is 20.8 Å². The van der Waals surface area contributed by atoms with Gasteiger partial charge in [0.15, 0.2) is 8.32 Å². The van der Waals surface area contributed by atoms with Crippen LogP contribution in [0.3, 0.4) is 0 Å². The predicted molar refractivity (Wildman–Crippen MR) is 77.9 cm³/mol. The van der Waals surface area contributed by atoms with Crippen LogP contribution in [-0.2, 0) is 10.8 Å². The minimum atomic E-state index is -1.82. The van der Waals surface area contributed by atoms with E-state index in [0.29, 0.717) is 12.3 Å². The van der Waals surface area contributed by atoms with Crippen molar-refractivity contribution in [2.75, 3.05) is 5.88 Å². The summed E-state index contributed by atoms with van der Waals surface area (Å²) in [5.74, 6) is 0.430. The van der Waals surface area contributed by atoms with Crippen molar-refractivity contribution in [3.8, 4) is 0 Å². The number of aromatic nitrogens is 2. The van der Waals surface area contributed by atoms with Gasteiger partial charge >= 0.3 is 0 Å². The van der Waals surface area contributed by atoms with Crippen LogP contribution in [0.15, 0.2) is 10.9 Å². The fourth-order valence-corrected chi connectivity index (χ4v) is 3.08. The summed E-state index contributed by atoms with van der Waals surface area (Å²) in [6, 6.07) is 1.55. The van der Waals surface area contributed by atoms with E-state index in [1.165, 1.54) is 0 Å². The predicted octanol–water partition coefficient (Wildman–Crippen LogP) is 2.87. The first-order valence-corrected chi connectivity index (χ1v) is 9.60. The highest BCUT2D eigenvalue weighted by atomic mass is 35.5. The first-order valence-electron chi connectivity index (χ1n) is 6.16. The molecule has 18 heavy (non-hydrogen) atoms. The first-order chi connectivity index (χ1) is 8.15. The van der Waals surface area contributed by atoms with Gasteiger partial charge in [-0.15, -0.1) is 11.6 Å². The lowest BCUT2D eigenvalue weighted by molar-refractivity contribution is 0.201. The molecular formula is C12H23ClN2O2Si. The van der Waals surface area contributed by atoms with Crippen molar-refractivity contribution in [3.63, 3.8) is 0 Å². The van der Waals surface area contributed by atoms with E-state index in [2.05, 4.69) is 44.1 Å². The molecule has 1 heterocycles. The Kier molecular flexibility index (Phi) is 4.86. The van der Waals surface area contributed by atoms with Gasteiger partial charge in [-0.3, -0.25) is 9.89 Å². The molecule has 1 aromatic rings. The SMILES string of the molecule is CC(C)(C)[Si](C)(C)OC(CCl)Cc1cc(=O)[nH][nH]1. The lowest BCUT2D eigenvalue weighted by Gasteiger charge is -2.38. The molecule has 0 aliphatic rings. The molecule has 1 unspecified atom stereocenters. The molecule has 4 nitrogen and oxygen atoms in total. The van der Waals surface area contributed by atoms with E-state index in [-0.39, 0.29) is 16.7 Å². The van der Waals surface area contributed by atoms with Crippen LogP contribution in [0.1, 0.15) is 26.5 Å². The average molecular weight is 291 g/mol. The summed E-state index contributed by atoms with van der Waals surface area (Å²) >= 11 is 5.98. The Morgan fingerprint density at radius 3 is 2.39 bits per heavy atom. The summed E-state index contributed by atoms with van der Waals surface area (Å²) in [7, 11) is -1.82. The molecule has 0 bridgehead atoms. The lowest BCUT2D eigenvalue weighted by Crippen LogP contribution is -2.45. The number of nitrogens with one attached hydrogen (secondary N) is 2. The van der Waals surface area contributed by atoms with Crippen LogP contribution in [0.5, 0.6) is 0 Å². The number of halogens is 1. The highest BCUT2D eigenvalue weighted by Gasteiger charge is 2.39. The van der Waals surface area contributed by atoms with Crippen molar-refractivity contribution in [2.24, 2.45) is 0 Å². The number of hydrogen-bond acceptors (Lipinski definition) is 2. The quantitative estimate of drug-likeness (QED) is 0.647. The van der Waals surface area contributed by atoms with Crippen LogP contribution in [0, 0.1) is 0 Å². The zero-order chi connectivity index (χ0) is 14.0. The van der Waals surface area contributed by atoms with Gasteiger partial charge in [0.05, 0.1) is 6.10 Å². The second-order valence-corrected chi connectivity index (χ2v) is 11.2. The summed E-state index contributed by atoms with van der Waals surface area (Å²) in [6.45, 7) is 11.0. The molecule has 0 amide bonds. The van der Waals surface area contributed by atoms with Crippen molar-refractivity contribution in [2.45, 2.75) is 51.4 Å². The standard InChI is InChI=1S/C12H23ClN2O2Si/c1-12(2,3)18(4,5)17-10(8-13)6-9-7-11(16)15-14-9/h7,10H,6,8H2,1-5H3,(H2,14,15,16). The molecule has 0 aliphatic heterocycles. The molecule has 0 saturated heterocycles. The van der Waals surface area contributed by atoms with Gasteiger partial charge in [-0.2, -0.15) is 0 Å². The molecule has 104 valence electrons. The molecule has 0 saturated carbocycles. The van der Waals surface area contributed by atoms with Gasteiger partial charge in [0.2, 0.25) is 0 Å². The summed E-state index contributed by atoms with van der Waals surface area (Å²) < 4.78 is 6.24. The maximum absolute atomic E-state index is 11.1. The van der Waals surface area contributed by atoms with Crippen LogP contribution in [-0.4, -0.2) is 30.5 Å². The van der Waals surface area contributed by atoms with Crippen LogP contribution < -0.4 is 5.56 Å². The average Bonchev–Trinajstić information content (AvgIpc) is 2.61. The maximum atomic E-state index is 11.1. The van der Waals surface area contributed by atoms with E-state index in [0.717, 1.165) is 5.69 Å². The number of hydrogen-bond donors (Lipinski definition) is 2. The van der Waals surface area contributed by atoms with E-state index in [1.807, 2.05) is 0 Å². The van der Waals surface area contributed by atoms with Crippen molar-refractivity contribution in [1.29, 1.82) is 0 Å². The third-order valence-electron chi connectivity index (χ3n) is 3.54. The van der Waals surface area contributed by atoms with Gasteiger partial charge in [0, 0.05) is 24.1 Å². The fraction of sp³-hybridized carbons (Fsp3) is 0.750. The third kappa shape index (κ3) is 4.00. The molecular weight excluding hydrogens is 268 g/mol. The number of alkyl halides is 1. The van der Waals surface area contributed by atoms with E-state index < -0.39 is 8.32 Å². The normalized spacial score (nSPS) is 14.8. The molecule has 6 heteroatoms. The second-order valence-electron chi connectivity index (χ2n) is 6.14. The van der Waals surface area contributed by atoms with Gasteiger partial charge in [-0.25, -0.2) is 0 Å². The zero-order valence-electron chi connectivity index (χ0n) is 11.8. The minimum absolute atomic E-state index is 0.0565. The summed E-state index contributed by atoms with van der Waals surface area (Å²) in [5, 5.41) is 5.51. The van der Waals surface area contributed by atoms with Crippen molar-refractivity contribution >= 4 is 19.9 Å². The van der Waals surface area contributed by atoms with Gasteiger partial charge < -0.3 is 9.52 Å². The van der Waals surface area contributed by atoms with E-state index in [1.54, 1.807) is 6.07 Å². The molecule has 2 N–H and O–H groups in total. The van der Waals surface area contributed by atoms with Gasteiger partial charge in [0.25, 0.3) is 5.56 Å². The smallest absolute Gasteiger partial charge is 0.264 e. The largest absolute Gasteiger partial charge is 0.412 e. The Morgan fingerprint density at radius 2 is 2.00 bits per heavy atom. The van der Waals surface area contributed by atoms with Crippen LogP contribution in [0.2, 0.25) is 18.1 Å². The Hall–Kier alpha value is -0.523. The second kappa shape index (κ2) is 5.63. The van der Waals surface area contributed by atoms with Crippen LogP contribution in [0.25, 0.3) is 0 Å². The monoisotopic (exact) mass is 290 g/mol. The molecule has 1 aromatic heterocycles. The number of rotatable bonds is 5. The Bertz CT molecular complexity index is 434. The number of H-pyrrole nitrogens is 2. The molecule has 0 aliphatic carbocycles. The Balaban J connectivity index is 2.71. The Labute approximate surface area is 114 Å². The first kappa shape index (κ1) is 15.5. The maximum Gasteiger partial charge on any atom is 0.264 e. The van der Waals surface area contributed by atoms with Gasteiger partial charge in [-0.05, 0) is 18.1 Å². The van der Waals surface area contributed by atoms with E-state index in [9.17, 15) is 4.79 Å². The van der Waals surface area contributed by atoms with Crippen molar-refractivity contribution in [1.82, 2.24) is 10.2 Å². The van der Waals surface area contributed by atoms with Crippen molar-refractivity contribution < 1.29 is 4.43 Å². The minimum Gasteiger partial charge on any atom is -0.412 e. The molecule has 0 radical (unpaired) electrons. The third-order valence-corrected chi connectivity index (χ3v) is 8.42. The highest BCUT2D eigenvalue weighted by molar-refractivity contribution is 6.74. The summed E-state index contributed by atoms with van der Waals surface area (Å²) in [6.07, 6.45) is 0.577. The lowest BCUT2D eigenvalue weighted by atomic mass is 10.2. The molecule has 1 rings (SSSR count). The van der Waals surface area contributed by atoms with Crippen LogP contribution >= 0.6 is 11.6 Å². The van der Waals surface area contributed by atoms with Crippen LogP contribution in [0.4, 0.5) is 0 Å². The summed E-state index contributed by atoms with van der Waals surface area (Å²) in [5.41, 5.74) is 0.718. The van der Waals surface area contributed by atoms with E-state index >= 15 is 0 Å². The number of aromatic amines is 2. The zero-order valence-corrected chi connectivity index (χ0v) is 13.5. The van der Waals surface area contributed by atoms with E-state index in [4.69, 9.17) is 16.0 Å². The van der Waals surface area contributed by atoms with Gasteiger partial charge in [0.1, 0.15) is 0 Å². The summed E-state index contributed by atoms with van der Waals surface area (Å²) in [4.78, 5) is 11.1. The Morgan fingerprint density at radius 1 is 1.39 bits per heavy atom. The topological polar surface area (TPSA) is 57.9 Å². The van der Waals surface area contributed by atoms with Crippen molar-refractivity contribution in [3.05, 3.63) is 22.1 Å². The molecule has 1 atom stereocenters. The fourth-order valence-electron chi connectivity index (χ4n) is 1.45.